The molecule has 0 saturated heterocycles. The molecular weight excluding hydrogens is 401 g/mol. The lowest BCUT2D eigenvalue weighted by molar-refractivity contribution is 0.104. The number of nitrogens with one attached hydrogen (secondary N) is 1. The van der Waals surface area contributed by atoms with Gasteiger partial charge < -0.3 is 14.5 Å². The van der Waals surface area contributed by atoms with Crippen LogP contribution in [0, 0.1) is 0 Å². The van der Waals surface area contributed by atoms with Crippen LogP contribution in [0.3, 0.4) is 0 Å². The molecular formula is C26H20BNO4. The van der Waals surface area contributed by atoms with E-state index in [0.717, 1.165) is 29.4 Å². The lowest BCUT2D eigenvalue weighted by Crippen LogP contribution is -2.20. The second kappa shape index (κ2) is 8.38. The number of fused-ring (bicyclic) bond motifs is 2. The fourth-order valence-corrected chi connectivity index (χ4v) is 4.06. The van der Waals surface area contributed by atoms with Crippen LogP contribution in [0.15, 0.2) is 65.5 Å². The minimum Gasteiger partial charge on any atom is -0.486 e. The lowest BCUT2D eigenvalue weighted by Gasteiger charge is -2.18. The maximum atomic E-state index is 13.3. The van der Waals surface area contributed by atoms with Gasteiger partial charge in [0.1, 0.15) is 21.1 Å². The number of hydrogen-bond acceptors (Lipinski definition) is 4. The molecule has 1 aromatic heterocycles. The van der Waals surface area contributed by atoms with Crippen LogP contribution in [-0.2, 0) is 0 Å². The number of H-pyrrole nitrogens is 1. The maximum absolute atomic E-state index is 13.3. The van der Waals surface area contributed by atoms with Crippen molar-refractivity contribution in [2.75, 3.05) is 13.2 Å². The highest BCUT2D eigenvalue weighted by atomic mass is 16.6. The van der Waals surface area contributed by atoms with E-state index in [0.29, 0.717) is 41.3 Å². The molecule has 1 aliphatic carbocycles. The van der Waals surface area contributed by atoms with Crippen molar-refractivity contribution in [2.45, 2.75) is 12.8 Å². The molecule has 1 N–H and O–H groups in total. The van der Waals surface area contributed by atoms with Crippen molar-refractivity contribution in [1.82, 2.24) is 4.98 Å². The highest BCUT2D eigenvalue weighted by Gasteiger charge is 2.20. The van der Waals surface area contributed by atoms with Crippen LogP contribution < -0.4 is 20.5 Å². The summed E-state index contributed by atoms with van der Waals surface area (Å²) in [6.07, 6.45) is 10.9. The van der Waals surface area contributed by atoms with Crippen LogP contribution in [0.25, 0.3) is 22.6 Å². The summed E-state index contributed by atoms with van der Waals surface area (Å²) >= 11 is 0. The van der Waals surface area contributed by atoms with Gasteiger partial charge in [0, 0.05) is 16.5 Å². The molecule has 0 spiro atoms. The van der Waals surface area contributed by atoms with E-state index < -0.39 is 5.56 Å². The zero-order valence-electron chi connectivity index (χ0n) is 17.4. The Morgan fingerprint density at radius 1 is 1.03 bits per heavy atom. The van der Waals surface area contributed by atoms with E-state index in [1.165, 1.54) is 6.08 Å². The van der Waals surface area contributed by atoms with Gasteiger partial charge in [0.25, 0.3) is 5.56 Å². The minimum atomic E-state index is -0.422. The third-order valence-corrected chi connectivity index (χ3v) is 5.56. The first-order chi connectivity index (χ1) is 15.6. The Balaban J connectivity index is 1.60. The molecule has 0 amide bonds. The molecule has 6 heteroatoms. The topological polar surface area (TPSA) is 68.4 Å². The number of aromatic amines is 1. The van der Waals surface area contributed by atoms with E-state index in [2.05, 4.69) is 11.1 Å². The number of carbonyl (C=O) groups is 1. The van der Waals surface area contributed by atoms with Gasteiger partial charge in [0.2, 0.25) is 0 Å². The molecule has 0 unspecified atom stereocenters. The second-order valence-corrected chi connectivity index (χ2v) is 7.75. The van der Waals surface area contributed by atoms with Crippen molar-refractivity contribution in [3.8, 4) is 11.5 Å². The molecule has 0 saturated carbocycles. The van der Waals surface area contributed by atoms with E-state index in [9.17, 15) is 9.59 Å². The van der Waals surface area contributed by atoms with Crippen LogP contribution in [0.1, 0.15) is 34.3 Å². The van der Waals surface area contributed by atoms with Gasteiger partial charge in [-0.3, -0.25) is 9.59 Å². The third-order valence-electron chi connectivity index (χ3n) is 5.56. The SMILES string of the molecule is [B]c1ccc2[nH]c(=O)c(C(=O)C=Cc3ccc4c(c3)OCCO4)c(C3=CCCC=C3)c2c1. The Hall–Kier alpha value is -3.80. The Morgan fingerprint density at radius 3 is 2.69 bits per heavy atom. The molecule has 156 valence electrons. The first-order valence-corrected chi connectivity index (χ1v) is 10.5. The third kappa shape index (κ3) is 3.80. The minimum absolute atomic E-state index is 0.106. The predicted molar refractivity (Wildman–Crippen MR) is 127 cm³/mol. The van der Waals surface area contributed by atoms with Crippen LogP contribution in [-0.4, -0.2) is 31.8 Å². The van der Waals surface area contributed by atoms with Gasteiger partial charge in [-0.05, 0) is 48.3 Å². The van der Waals surface area contributed by atoms with Gasteiger partial charge in [0.05, 0.1) is 5.56 Å². The molecule has 0 atom stereocenters. The number of carbonyl (C=O) groups excluding carboxylic acids is 1. The van der Waals surface area contributed by atoms with Crippen LogP contribution in [0.2, 0.25) is 0 Å². The number of aromatic nitrogens is 1. The van der Waals surface area contributed by atoms with Gasteiger partial charge in [-0.1, -0.05) is 48.0 Å². The van der Waals surface area contributed by atoms with Gasteiger partial charge in [-0.25, -0.2) is 0 Å². The fourth-order valence-electron chi connectivity index (χ4n) is 4.06. The largest absolute Gasteiger partial charge is 0.486 e. The number of ether oxygens (including phenoxy) is 2. The van der Waals surface area contributed by atoms with Crippen molar-refractivity contribution in [1.29, 1.82) is 0 Å². The molecule has 3 aromatic rings. The molecule has 1 aliphatic heterocycles. The average Bonchev–Trinajstić information content (AvgIpc) is 2.82. The van der Waals surface area contributed by atoms with Crippen LogP contribution >= 0.6 is 0 Å². The molecule has 0 bridgehead atoms. The number of hydrogen-bond donors (Lipinski definition) is 1. The van der Waals surface area contributed by atoms with Gasteiger partial charge >= 0.3 is 0 Å². The second-order valence-electron chi connectivity index (χ2n) is 7.75. The summed E-state index contributed by atoms with van der Waals surface area (Å²) in [4.78, 5) is 29.1. The van der Waals surface area contributed by atoms with E-state index in [1.807, 2.05) is 30.4 Å². The number of benzene rings is 2. The fraction of sp³-hybridized carbons (Fsp3) is 0.154. The van der Waals surface area contributed by atoms with Crippen molar-refractivity contribution in [3.63, 3.8) is 0 Å². The van der Waals surface area contributed by atoms with Crippen molar-refractivity contribution in [2.24, 2.45) is 0 Å². The number of allylic oxidation sites excluding steroid dienone is 5. The summed E-state index contributed by atoms with van der Waals surface area (Å²) < 4.78 is 11.1. The highest BCUT2D eigenvalue weighted by Crippen LogP contribution is 2.32. The summed E-state index contributed by atoms with van der Waals surface area (Å²) in [6, 6.07) is 10.8. The number of ketones is 1. The first kappa shape index (κ1) is 20.1. The Labute approximate surface area is 186 Å². The van der Waals surface area contributed by atoms with Gasteiger partial charge in [-0.2, -0.15) is 0 Å². The monoisotopic (exact) mass is 421 g/mol. The van der Waals surface area contributed by atoms with E-state index in [4.69, 9.17) is 17.3 Å². The zero-order chi connectivity index (χ0) is 22.1. The van der Waals surface area contributed by atoms with Gasteiger partial charge in [0.15, 0.2) is 17.3 Å². The number of rotatable bonds is 4. The molecule has 2 heterocycles. The molecule has 2 aliphatic rings. The standard InChI is InChI=1S/C26H20BNO4/c27-18-8-9-20-19(15-18)24(17-4-2-1-3-5-17)25(26(30)28-20)21(29)10-6-16-7-11-22-23(14-16)32-13-12-31-22/h2,4-11,14-15H,1,3,12-13H2,(H,28,30). The molecule has 32 heavy (non-hydrogen) atoms. The van der Waals surface area contributed by atoms with E-state index >= 15 is 0 Å². The van der Waals surface area contributed by atoms with E-state index in [-0.39, 0.29) is 11.3 Å². The molecule has 2 radical (unpaired) electrons. The van der Waals surface area contributed by atoms with Crippen molar-refractivity contribution < 1.29 is 14.3 Å². The highest BCUT2D eigenvalue weighted by molar-refractivity contribution is 6.33. The first-order valence-electron chi connectivity index (χ1n) is 10.5. The molecule has 0 fully saturated rings. The smallest absolute Gasteiger partial charge is 0.260 e. The zero-order valence-corrected chi connectivity index (χ0v) is 17.4. The van der Waals surface area contributed by atoms with Gasteiger partial charge in [-0.15, -0.1) is 0 Å². The van der Waals surface area contributed by atoms with Crippen molar-refractivity contribution >= 4 is 41.6 Å². The summed E-state index contributed by atoms with van der Waals surface area (Å²) in [7, 11) is 6.03. The summed E-state index contributed by atoms with van der Waals surface area (Å²) in [5, 5.41) is 0.749. The Kier molecular flexibility index (Phi) is 5.27. The van der Waals surface area contributed by atoms with Crippen molar-refractivity contribution in [3.05, 3.63) is 87.7 Å². The summed E-state index contributed by atoms with van der Waals surface area (Å²) in [5.74, 6) is 0.949. The normalized spacial score (nSPS) is 15.2. The maximum Gasteiger partial charge on any atom is 0.260 e. The quantitative estimate of drug-likeness (QED) is 0.396. The Morgan fingerprint density at radius 2 is 1.88 bits per heavy atom. The summed E-state index contributed by atoms with van der Waals surface area (Å²) in [6.45, 7) is 1.00. The molecule has 2 aromatic carbocycles. The molecule has 5 nitrogen and oxygen atoms in total. The van der Waals surface area contributed by atoms with Crippen LogP contribution in [0.4, 0.5) is 0 Å². The van der Waals surface area contributed by atoms with Crippen LogP contribution in [0.5, 0.6) is 11.5 Å². The molecule has 5 rings (SSSR count). The lowest BCUT2D eigenvalue weighted by atomic mass is 9.87. The average molecular weight is 421 g/mol. The Bertz CT molecular complexity index is 1380. The summed E-state index contributed by atoms with van der Waals surface area (Å²) in [5.41, 5.74) is 3.15. The van der Waals surface area contributed by atoms with E-state index in [1.54, 1.807) is 24.3 Å². The predicted octanol–water partition coefficient (Wildman–Crippen LogP) is 3.72. The number of pyridine rings is 1.